The Balaban J connectivity index is 1.98. The van der Waals surface area contributed by atoms with Crippen LogP contribution in [-0.4, -0.2) is 39.1 Å². The van der Waals surface area contributed by atoms with Gasteiger partial charge in [-0.15, -0.1) is 0 Å². The van der Waals surface area contributed by atoms with Crippen LogP contribution in [0.2, 0.25) is 0 Å². The molecule has 0 aliphatic heterocycles. The first kappa shape index (κ1) is 17.9. The van der Waals surface area contributed by atoms with Gasteiger partial charge in [0.1, 0.15) is 12.7 Å². The molecule has 24 heavy (non-hydrogen) atoms. The Bertz CT molecular complexity index is 613. The zero-order valence-electron chi connectivity index (χ0n) is 14.1. The van der Waals surface area contributed by atoms with Crippen molar-refractivity contribution in [2.45, 2.75) is 32.9 Å². The monoisotopic (exact) mass is 331 g/mol. The molecule has 7 nitrogen and oxygen atoms in total. The van der Waals surface area contributed by atoms with E-state index in [1.54, 1.807) is 11.0 Å². The normalized spacial score (nSPS) is 12.6. The van der Waals surface area contributed by atoms with Crippen molar-refractivity contribution in [3.8, 4) is 0 Å². The van der Waals surface area contributed by atoms with Crippen LogP contribution >= 0.6 is 0 Å². The van der Waals surface area contributed by atoms with E-state index in [0.29, 0.717) is 19.5 Å². The van der Waals surface area contributed by atoms with E-state index in [9.17, 15) is 4.79 Å². The molecule has 130 valence electrons. The lowest BCUT2D eigenvalue weighted by atomic mass is 9.90. The molecule has 0 fully saturated rings. The molecule has 0 aliphatic rings. The van der Waals surface area contributed by atoms with Crippen molar-refractivity contribution in [1.82, 2.24) is 25.4 Å². The summed E-state index contributed by atoms with van der Waals surface area (Å²) in [5.74, 6) is 0. The summed E-state index contributed by atoms with van der Waals surface area (Å²) in [5.41, 5.74) is 0.845. The first-order valence-corrected chi connectivity index (χ1v) is 8.03. The molecule has 2 rings (SSSR count). The Morgan fingerprint density at radius 2 is 2.08 bits per heavy atom. The highest BCUT2D eigenvalue weighted by molar-refractivity contribution is 5.74. The quantitative estimate of drug-likeness (QED) is 0.687. The summed E-state index contributed by atoms with van der Waals surface area (Å²) < 4.78 is 1.69. The van der Waals surface area contributed by atoms with Crippen LogP contribution in [0, 0.1) is 5.41 Å². The third-order valence-electron chi connectivity index (χ3n) is 3.86. The van der Waals surface area contributed by atoms with E-state index in [-0.39, 0.29) is 24.1 Å². The fraction of sp³-hybridized carbons (Fsp3) is 0.471. The first-order valence-electron chi connectivity index (χ1n) is 8.03. The number of aliphatic hydroxyl groups excluding tert-OH is 1. The van der Waals surface area contributed by atoms with Crippen molar-refractivity contribution in [3.05, 3.63) is 48.5 Å². The predicted molar refractivity (Wildman–Crippen MR) is 91.2 cm³/mol. The van der Waals surface area contributed by atoms with E-state index in [0.717, 1.165) is 5.56 Å². The predicted octanol–water partition coefficient (Wildman–Crippen LogP) is 1.73. The lowest BCUT2D eigenvalue weighted by molar-refractivity contribution is 0.199. The molecule has 0 saturated heterocycles. The number of aromatic nitrogens is 3. The molecule has 0 bridgehead atoms. The zero-order chi connectivity index (χ0) is 17.4. The summed E-state index contributed by atoms with van der Waals surface area (Å²) in [6.45, 7) is 5.11. The molecule has 0 aliphatic carbocycles. The molecular formula is C17H25N5O2. The molecule has 1 atom stereocenters. The Labute approximate surface area is 142 Å². The molecule has 0 spiro atoms. The van der Waals surface area contributed by atoms with Crippen molar-refractivity contribution in [2.75, 3.05) is 13.2 Å². The number of hydrogen-bond donors (Lipinski definition) is 3. The van der Waals surface area contributed by atoms with Crippen molar-refractivity contribution in [1.29, 1.82) is 0 Å². The average molecular weight is 331 g/mol. The van der Waals surface area contributed by atoms with Crippen molar-refractivity contribution in [3.63, 3.8) is 0 Å². The lowest BCUT2D eigenvalue weighted by Gasteiger charge is -2.25. The third kappa shape index (κ3) is 5.66. The summed E-state index contributed by atoms with van der Waals surface area (Å²) in [6.07, 6.45) is 3.73. The first-order chi connectivity index (χ1) is 11.5. The van der Waals surface area contributed by atoms with Crippen LogP contribution in [0.25, 0.3) is 0 Å². The zero-order valence-corrected chi connectivity index (χ0v) is 14.1. The van der Waals surface area contributed by atoms with Gasteiger partial charge in [0.2, 0.25) is 0 Å². The minimum Gasteiger partial charge on any atom is -0.396 e. The van der Waals surface area contributed by atoms with Gasteiger partial charge in [0.25, 0.3) is 0 Å². The van der Waals surface area contributed by atoms with Crippen LogP contribution in [-0.2, 0) is 6.54 Å². The molecule has 0 radical (unpaired) electrons. The number of amides is 2. The van der Waals surface area contributed by atoms with E-state index < -0.39 is 0 Å². The van der Waals surface area contributed by atoms with Crippen molar-refractivity contribution in [2.24, 2.45) is 5.41 Å². The lowest BCUT2D eigenvalue weighted by Crippen LogP contribution is -2.43. The number of carbonyl (C=O) groups is 1. The highest BCUT2D eigenvalue weighted by Gasteiger charge is 2.20. The Morgan fingerprint density at radius 1 is 1.33 bits per heavy atom. The van der Waals surface area contributed by atoms with Gasteiger partial charge in [-0.05, 0) is 17.4 Å². The van der Waals surface area contributed by atoms with Crippen LogP contribution in [0.1, 0.15) is 31.9 Å². The van der Waals surface area contributed by atoms with Crippen LogP contribution < -0.4 is 10.6 Å². The fourth-order valence-corrected chi connectivity index (χ4v) is 2.35. The highest BCUT2D eigenvalue weighted by Crippen LogP contribution is 2.18. The number of urea groups is 1. The Morgan fingerprint density at radius 3 is 2.71 bits per heavy atom. The maximum atomic E-state index is 12.3. The average Bonchev–Trinajstić information content (AvgIpc) is 3.06. The molecule has 2 aromatic rings. The summed E-state index contributed by atoms with van der Waals surface area (Å²) in [5, 5.41) is 19.0. The van der Waals surface area contributed by atoms with Gasteiger partial charge in [-0.1, -0.05) is 44.2 Å². The third-order valence-corrected chi connectivity index (χ3v) is 3.86. The van der Waals surface area contributed by atoms with Crippen LogP contribution in [0.3, 0.4) is 0 Å². The molecule has 1 heterocycles. The minimum absolute atomic E-state index is 0.106. The highest BCUT2D eigenvalue weighted by atomic mass is 16.3. The smallest absolute Gasteiger partial charge is 0.315 e. The van der Waals surface area contributed by atoms with Gasteiger partial charge >= 0.3 is 6.03 Å². The standard InChI is InChI=1S/C17H25N5O2/c1-17(2,8-9-23)11-19-16(24)21-15(10-22-13-18-12-20-22)14-6-4-3-5-7-14/h3-7,12-13,15,23H,8-11H2,1-2H3,(H2,19,21,24). The van der Waals surface area contributed by atoms with Gasteiger partial charge in [0.05, 0.1) is 12.6 Å². The van der Waals surface area contributed by atoms with Gasteiger partial charge in [-0.3, -0.25) is 4.68 Å². The van der Waals surface area contributed by atoms with E-state index in [1.807, 2.05) is 44.2 Å². The summed E-state index contributed by atoms with van der Waals surface area (Å²) in [4.78, 5) is 16.2. The van der Waals surface area contributed by atoms with E-state index in [1.165, 1.54) is 6.33 Å². The number of benzene rings is 1. The van der Waals surface area contributed by atoms with E-state index in [2.05, 4.69) is 20.7 Å². The van der Waals surface area contributed by atoms with E-state index in [4.69, 9.17) is 5.11 Å². The second-order valence-corrected chi connectivity index (χ2v) is 6.55. The van der Waals surface area contributed by atoms with Crippen LogP contribution in [0.15, 0.2) is 43.0 Å². The van der Waals surface area contributed by atoms with E-state index >= 15 is 0 Å². The topological polar surface area (TPSA) is 92.1 Å². The molecule has 1 unspecified atom stereocenters. The second-order valence-electron chi connectivity index (χ2n) is 6.55. The number of rotatable bonds is 8. The number of aliphatic hydroxyl groups is 1. The summed E-state index contributed by atoms with van der Waals surface area (Å²) in [6, 6.07) is 9.30. The number of nitrogens with one attached hydrogen (secondary N) is 2. The van der Waals surface area contributed by atoms with Gasteiger partial charge in [0, 0.05) is 13.2 Å². The molecular weight excluding hydrogens is 306 g/mol. The van der Waals surface area contributed by atoms with Gasteiger partial charge in [0.15, 0.2) is 0 Å². The molecule has 2 amide bonds. The fourth-order valence-electron chi connectivity index (χ4n) is 2.35. The molecule has 1 aromatic carbocycles. The molecule has 3 N–H and O–H groups in total. The summed E-state index contributed by atoms with van der Waals surface area (Å²) >= 11 is 0. The Hall–Kier alpha value is -2.41. The van der Waals surface area contributed by atoms with Crippen molar-refractivity contribution < 1.29 is 9.90 Å². The number of carbonyl (C=O) groups excluding carboxylic acids is 1. The largest absolute Gasteiger partial charge is 0.396 e. The molecule has 0 saturated carbocycles. The van der Waals surface area contributed by atoms with Gasteiger partial charge in [-0.25, -0.2) is 9.78 Å². The van der Waals surface area contributed by atoms with Gasteiger partial charge < -0.3 is 15.7 Å². The Kier molecular flexibility index (Phi) is 6.31. The van der Waals surface area contributed by atoms with Crippen LogP contribution in [0.5, 0.6) is 0 Å². The minimum atomic E-state index is -0.241. The van der Waals surface area contributed by atoms with Gasteiger partial charge in [-0.2, -0.15) is 5.10 Å². The SMILES string of the molecule is CC(C)(CCO)CNC(=O)NC(Cn1cncn1)c1ccccc1. The number of hydrogen-bond acceptors (Lipinski definition) is 4. The van der Waals surface area contributed by atoms with Crippen LogP contribution in [0.4, 0.5) is 4.79 Å². The number of nitrogens with zero attached hydrogens (tertiary/aromatic N) is 3. The maximum absolute atomic E-state index is 12.3. The van der Waals surface area contributed by atoms with Crippen molar-refractivity contribution >= 4 is 6.03 Å². The maximum Gasteiger partial charge on any atom is 0.315 e. The summed E-state index contributed by atoms with van der Waals surface area (Å²) in [7, 11) is 0. The second kappa shape index (κ2) is 8.44. The molecule has 1 aromatic heterocycles. The molecule has 7 heteroatoms.